The fraction of sp³-hybridized carbons (Fsp3) is 0.455. The van der Waals surface area contributed by atoms with Crippen molar-refractivity contribution in [3.8, 4) is 0 Å². The van der Waals surface area contributed by atoms with Crippen LogP contribution in [0.25, 0.3) is 0 Å². The van der Waals surface area contributed by atoms with Gasteiger partial charge in [-0.05, 0) is 37.9 Å². The van der Waals surface area contributed by atoms with E-state index in [-0.39, 0.29) is 11.1 Å². The van der Waals surface area contributed by atoms with Gasteiger partial charge < -0.3 is 5.73 Å². The lowest BCUT2D eigenvalue weighted by molar-refractivity contribution is -0.385. The second kappa shape index (κ2) is 3.83. The minimum atomic E-state index is -0.453. The van der Waals surface area contributed by atoms with Crippen molar-refractivity contribution in [3.63, 3.8) is 0 Å². The second-order valence-corrected chi connectivity index (χ2v) is 4.24. The largest absolute Gasteiger partial charge is 0.330 e. The zero-order valence-electron chi connectivity index (χ0n) is 8.78. The topological polar surface area (TPSA) is 69.2 Å². The van der Waals surface area contributed by atoms with Crippen LogP contribution in [0.2, 0.25) is 0 Å². The maximum Gasteiger partial charge on any atom is 0.273 e. The molecule has 0 radical (unpaired) electrons. The first kappa shape index (κ1) is 11.0. The summed E-state index contributed by atoms with van der Waals surface area (Å²) in [6.07, 6.45) is 2.39. The molecule has 0 aliphatic heterocycles. The predicted octanol–water partition coefficient (Wildman–Crippen LogP) is 2.11. The Hall–Kier alpha value is -1.49. The molecular formula is C11H13FN2O2. The van der Waals surface area contributed by atoms with Crippen molar-refractivity contribution in [2.24, 2.45) is 5.73 Å². The Morgan fingerprint density at radius 2 is 2.19 bits per heavy atom. The zero-order chi connectivity index (χ0) is 11.8. The molecule has 16 heavy (non-hydrogen) atoms. The van der Waals surface area contributed by atoms with Crippen LogP contribution in [-0.2, 0) is 5.41 Å². The number of rotatable bonds is 4. The van der Waals surface area contributed by atoms with E-state index >= 15 is 0 Å². The minimum Gasteiger partial charge on any atom is -0.330 e. The third-order valence-corrected chi connectivity index (χ3v) is 3.20. The molecule has 1 fully saturated rings. The van der Waals surface area contributed by atoms with Crippen molar-refractivity contribution in [3.05, 3.63) is 39.7 Å². The molecular weight excluding hydrogens is 211 g/mol. The van der Waals surface area contributed by atoms with Crippen LogP contribution in [0.15, 0.2) is 18.2 Å². The number of nitro groups is 1. The summed E-state index contributed by atoms with van der Waals surface area (Å²) in [4.78, 5) is 10.4. The van der Waals surface area contributed by atoms with Gasteiger partial charge in [0.25, 0.3) is 5.69 Å². The molecule has 0 atom stereocenters. The molecule has 0 bridgehead atoms. The first-order valence-corrected chi connectivity index (χ1v) is 5.23. The van der Waals surface area contributed by atoms with Gasteiger partial charge in [0.05, 0.1) is 4.92 Å². The Labute approximate surface area is 92.4 Å². The summed E-state index contributed by atoms with van der Waals surface area (Å²) in [6, 6.07) is 3.64. The van der Waals surface area contributed by atoms with E-state index in [4.69, 9.17) is 5.73 Å². The van der Waals surface area contributed by atoms with Crippen LogP contribution < -0.4 is 5.73 Å². The van der Waals surface area contributed by atoms with Crippen LogP contribution in [0.5, 0.6) is 0 Å². The standard InChI is InChI=1S/C11H13FN2O2/c12-8-1-2-10(14(15)16)9(7-8)11(3-4-11)5-6-13/h1-2,7H,3-6,13H2. The molecule has 1 aromatic carbocycles. The molecule has 1 aliphatic carbocycles. The second-order valence-electron chi connectivity index (χ2n) is 4.24. The van der Waals surface area contributed by atoms with Gasteiger partial charge in [-0.2, -0.15) is 0 Å². The molecule has 0 spiro atoms. The van der Waals surface area contributed by atoms with E-state index in [0.29, 0.717) is 18.5 Å². The van der Waals surface area contributed by atoms with E-state index in [1.807, 2.05) is 0 Å². The van der Waals surface area contributed by atoms with Crippen molar-refractivity contribution in [2.45, 2.75) is 24.7 Å². The molecule has 0 amide bonds. The van der Waals surface area contributed by atoms with Gasteiger partial charge in [-0.15, -0.1) is 0 Å². The fourth-order valence-corrected chi connectivity index (χ4v) is 2.17. The van der Waals surface area contributed by atoms with Crippen molar-refractivity contribution in [2.75, 3.05) is 6.54 Å². The van der Waals surface area contributed by atoms with Crippen molar-refractivity contribution < 1.29 is 9.31 Å². The Morgan fingerprint density at radius 3 is 2.69 bits per heavy atom. The molecule has 1 aliphatic rings. The van der Waals surface area contributed by atoms with E-state index in [1.54, 1.807) is 0 Å². The summed E-state index contributed by atoms with van der Waals surface area (Å²) in [5.41, 5.74) is 5.75. The number of hydrogen-bond donors (Lipinski definition) is 1. The summed E-state index contributed by atoms with van der Waals surface area (Å²) >= 11 is 0. The molecule has 0 heterocycles. The molecule has 1 saturated carbocycles. The average molecular weight is 224 g/mol. The van der Waals surface area contributed by atoms with Crippen LogP contribution in [-0.4, -0.2) is 11.5 Å². The smallest absolute Gasteiger partial charge is 0.273 e. The molecule has 0 saturated heterocycles. The maximum absolute atomic E-state index is 13.2. The van der Waals surface area contributed by atoms with Crippen molar-refractivity contribution >= 4 is 5.69 Å². The highest BCUT2D eigenvalue weighted by Gasteiger charge is 2.47. The predicted molar refractivity (Wildman–Crippen MR) is 57.6 cm³/mol. The number of benzene rings is 1. The number of nitro benzene ring substituents is 1. The molecule has 2 rings (SSSR count). The van der Waals surface area contributed by atoms with Crippen LogP contribution in [0.4, 0.5) is 10.1 Å². The Bertz CT molecular complexity index is 430. The van der Waals surface area contributed by atoms with Gasteiger partial charge in [-0.25, -0.2) is 4.39 Å². The Kier molecular flexibility index (Phi) is 2.63. The van der Waals surface area contributed by atoms with Gasteiger partial charge in [0.15, 0.2) is 0 Å². The summed E-state index contributed by atoms with van der Waals surface area (Å²) in [5.74, 6) is -0.427. The zero-order valence-corrected chi connectivity index (χ0v) is 8.78. The van der Waals surface area contributed by atoms with Crippen LogP contribution in [0.3, 0.4) is 0 Å². The normalized spacial score (nSPS) is 17.1. The van der Waals surface area contributed by atoms with Crippen molar-refractivity contribution in [1.29, 1.82) is 0 Å². The Morgan fingerprint density at radius 1 is 1.50 bits per heavy atom. The summed E-state index contributed by atoms with van der Waals surface area (Å²) < 4.78 is 13.2. The van der Waals surface area contributed by atoms with Gasteiger partial charge in [0.2, 0.25) is 0 Å². The van der Waals surface area contributed by atoms with E-state index in [2.05, 4.69) is 0 Å². The lowest BCUT2D eigenvalue weighted by atomic mass is 9.91. The van der Waals surface area contributed by atoms with E-state index < -0.39 is 10.7 Å². The van der Waals surface area contributed by atoms with Gasteiger partial charge in [-0.1, -0.05) is 0 Å². The van der Waals surface area contributed by atoms with Gasteiger partial charge in [-0.3, -0.25) is 10.1 Å². The van der Waals surface area contributed by atoms with E-state index in [0.717, 1.165) is 18.9 Å². The van der Waals surface area contributed by atoms with Gasteiger partial charge in [0, 0.05) is 17.0 Å². The first-order chi connectivity index (χ1) is 7.59. The number of halogens is 1. The SMILES string of the molecule is NCCC1(c2cc(F)ccc2[N+](=O)[O-])CC1. The third-order valence-electron chi connectivity index (χ3n) is 3.20. The lowest BCUT2D eigenvalue weighted by Crippen LogP contribution is -2.15. The van der Waals surface area contributed by atoms with Crippen molar-refractivity contribution in [1.82, 2.24) is 0 Å². The summed E-state index contributed by atoms with van der Waals surface area (Å²) in [7, 11) is 0. The van der Waals surface area contributed by atoms with Gasteiger partial charge >= 0.3 is 0 Å². The highest BCUT2D eigenvalue weighted by atomic mass is 19.1. The van der Waals surface area contributed by atoms with Crippen LogP contribution >= 0.6 is 0 Å². The van der Waals surface area contributed by atoms with Crippen LogP contribution in [0.1, 0.15) is 24.8 Å². The van der Waals surface area contributed by atoms with Crippen LogP contribution in [0, 0.1) is 15.9 Å². The molecule has 1 aromatic rings. The fourth-order valence-electron chi connectivity index (χ4n) is 2.17. The minimum absolute atomic E-state index is 0.00681. The molecule has 2 N–H and O–H groups in total. The number of nitrogens with two attached hydrogens (primary N) is 1. The third kappa shape index (κ3) is 1.78. The monoisotopic (exact) mass is 224 g/mol. The van der Waals surface area contributed by atoms with E-state index in [1.165, 1.54) is 12.1 Å². The average Bonchev–Trinajstić information content (AvgIpc) is 2.99. The molecule has 86 valence electrons. The molecule has 0 unspecified atom stereocenters. The number of hydrogen-bond acceptors (Lipinski definition) is 3. The summed E-state index contributed by atoms with van der Waals surface area (Å²) in [5, 5.41) is 10.9. The lowest BCUT2D eigenvalue weighted by Gasteiger charge is -2.14. The highest BCUT2D eigenvalue weighted by molar-refractivity contribution is 5.48. The Balaban J connectivity index is 2.46. The molecule has 0 aromatic heterocycles. The highest BCUT2D eigenvalue weighted by Crippen LogP contribution is 2.53. The quantitative estimate of drug-likeness (QED) is 0.629. The number of nitrogens with zero attached hydrogens (tertiary/aromatic N) is 1. The first-order valence-electron chi connectivity index (χ1n) is 5.23. The maximum atomic E-state index is 13.2. The molecule has 5 heteroatoms. The molecule has 4 nitrogen and oxygen atoms in total. The van der Waals surface area contributed by atoms with E-state index in [9.17, 15) is 14.5 Å². The van der Waals surface area contributed by atoms with Gasteiger partial charge in [0.1, 0.15) is 5.82 Å². The summed E-state index contributed by atoms with van der Waals surface area (Å²) in [6.45, 7) is 0.466.